The van der Waals surface area contributed by atoms with Crippen LogP contribution in [0.5, 0.6) is 0 Å². The SMILES string of the molecule is CCCCCCCCCCCC(=O)NC(CC)C(CCCCCCCCCCC)CC(C)(C)N.Cl. The van der Waals surface area contributed by atoms with E-state index in [2.05, 4.69) is 39.9 Å². The molecular weight excluding hydrogens is 452 g/mol. The monoisotopic (exact) mass is 516 g/mol. The maximum atomic E-state index is 12.7. The molecule has 3 nitrogen and oxygen atoms in total. The smallest absolute Gasteiger partial charge is 0.220 e. The van der Waals surface area contributed by atoms with E-state index in [9.17, 15) is 4.79 Å². The quantitative estimate of drug-likeness (QED) is 0.118. The molecule has 35 heavy (non-hydrogen) atoms. The molecule has 0 spiro atoms. The number of carbonyl (C=O) groups is 1. The first kappa shape index (κ1) is 36.9. The van der Waals surface area contributed by atoms with Crippen molar-refractivity contribution in [3.63, 3.8) is 0 Å². The van der Waals surface area contributed by atoms with Crippen molar-refractivity contribution in [1.29, 1.82) is 0 Å². The summed E-state index contributed by atoms with van der Waals surface area (Å²) in [6, 6.07) is 0.267. The van der Waals surface area contributed by atoms with Gasteiger partial charge in [-0.1, -0.05) is 130 Å². The van der Waals surface area contributed by atoms with Crippen molar-refractivity contribution in [3.8, 4) is 0 Å². The molecule has 0 aromatic carbocycles. The molecule has 1 amide bonds. The molecule has 4 heteroatoms. The van der Waals surface area contributed by atoms with Crippen molar-refractivity contribution in [2.45, 2.75) is 187 Å². The summed E-state index contributed by atoms with van der Waals surface area (Å²) in [5.41, 5.74) is 6.24. The molecule has 212 valence electrons. The molecule has 0 aromatic rings. The second-order valence-electron chi connectivity index (χ2n) is 11.7. The van der Waals surface area contributed by atoms with Crippen LogP contribution in [0, 0.1) is 5.92 Å². The normalized spacial score (nSPS) is 13.3. The van der Waals surface area contributed by atoms with Gasteiger partial charge in [-0.2, -0.15) is 0 Å². The minimum Gasteiger partial charge on any atom is -0.353 e. The van der Waals surface area contributed by atoms with Crippen LogP contribution >= 0.6 is 12.4 Å². The van der Waals surface area contributed by atoms with Gasteiger partial charge in [0.15, 0.2) is 0 Å². The van der Waals surface area contributed by atoms with Crippen molar-refractivity contribution in [2.24, 2.45) is 11.7 Å². The van der Waals surface area contributed by atoms with Crippen LogP contribution < -0.4 is 11.1 Å². The molecule has 0 fully saturated rings. The number of hydrogen-bond acceptors (Lipinski definition) is 2. The summed E-state index contributed by atoms with van der Waals surface area (Å²) in [6.45, 7) is 11.0. The number of hydrogen-bond donors (Lipinski definition) is 2. The lowest BCUT2D eigenvalue weighted by molar-refractivity contribution is -0.122. The van der Waals surface area contributed by atoms with Crippen molar-refractivity contribution in [3.05, 3.63) is 0 Å². The maximum Gasteiger partial charge on any atom is 0.220 e. The summed E-state index contributed by atoms with van der Waals surface area (Å²) in [5, 5.41) is 3.40. The van der Waals surface area contributed by atoms with E-state index in [0.717, 1.165) is 19.3 Å². The van der Waals surface area contributed by atoms with Gasteiger partial charge in [-0.3, -0.25) is 4.79 Å². The van der Waals surface area contributed by atoms with Crippen LogP contribution in [0.25, 0.3) is 0 Å². The Labute approximate surface area is 227 Å². The molecule has 2 atom stereocenters. The average molecular weight is 517 g/mol. The van der Waals surface area contributed by atoms with E-state index >= 15 is 0 Å². The number of halogens is 1. The standard InChI is InChI=1S/C31H64N2O.ClH/c1-6-9-11-13-15-17-19-21-23-25-28(27-31(4,5)32)29(8-3)33-30(34)26-24-22-20-18-16-14-12-10-7-2;/h28-29H,6-27,32H2,1-5H3,(H,33,34);1H. The Morgan fingerprint density at radius 3 is 1.49 bits per heavy atom. The minimum absolute atomic E-state index is 0. The second-order valence-corrected chi connectivity index (χ2v) is 11.7. The van der Waals surface area contributed by atoms with Gasteiger partial charge in [0.05, 0.1) is 0 Å². The van der Waals surface area contributed by atoms with E-state index < -0.39 is 0 Å². The van der Waals surface area contributed by atoms with Crippen LogP contribution in [0.1, 0.15) is 176 Å². The lowest BCUT2D eigenvalue weighted by Crippen LogP contribution is -2.44. The maximum absolute atomic E-state index is 12.7. The van der Waals surface area contributed by atoms with Gasteiger partial charge >= 0.3 is 0 Å². The van der Waals surface area contributed by atoms with Gasteiger partial charge in [-0.25, -0.2) is 0 Å². The Morgan fingerprint density at radius 2 is 1.09 bits per heavy atom. The van der Waals surface area contributed by atoms with E-state index in [1.165, 1.54) is 116 Å². The summed E-state index contributed by atoms with van der Waals surface area (Å²) < 4.78 is 0. The van der Waals surface area contributed by atoms with Crippen molar-refractivity contribution >= 4 is 18.3 Å². The van der Waals surface area contributed by atoms with Crippen LogP contribution in [-0.4, -0.2) is 17.5 Å². The molecule has 0 heterocycles. The predicted octanol–water partition coefficient (Wildman–Crippen LogP) is 9.89. The first-order valence-corrected chi connectivity index (χ1v) is 15.4. The van der Waals surface area contributed by atoms with E-state index in [1.54, 1.807) is 0 Å². The highest BCUT2D eigenvalue weighted by Crippen LogP contribution is 2.26. The van der Waals surface area contributed by atoms with Crippen LogP contribution in [0.2, 0.25) is 0 Å². The topological polar surface area (TPSA) is 55.1 Å². The zero-order valence-electron chi connectivity index (χ0n) is 24.6. The van der Waals surface area contributed by atoms with Crippen molar-refractivity contribution < 1.29 is 4.79 Å². The van der Waals surface area contributed by atoms with Crippen LogP contribution in [0.3, 0.4) is 0 Å². The van der Waals surface area contributed by atoms with E-state index in [4.69, 9.17) is 5.73 Å². The van der Waals surface area contributed by atoms with Crippen LogP contribution in [-0.2, 0) is 4.79 Å². The fourth-order valence-electron chi connectivity index (χ4n) is 5.27. The number of carbonyl (C=O) groups excluding carboxylic acids is 1. The fourth-order valence-corrected chi connectivity index (χ4v) is 5.27. The summed E-state index contributed by atoms with van der Waals surface area (Å²) in [5.74, 6) is 0.739. The number of rotatable bonds is 25. The van der Waals surface area contributed by atoms with Gasteiger partial charge < -0.3 is 11.1 Å². The number of amides is 1. The molecular formula is C31H65ClN2O. The molecule has 0 saturated carbocycles. The van der Waals surface area contributed by atoms with E-state index in [-0.39, 0.29) is 29.9 Å². The van der Waals surface area contributed by atoms with Gasteiger partial charge in [0.25, 0.3) is 0 Å². The highest BCUT2D eigenvalue weighted by Gasteiger charge is 2.26. The van der Waals surface area contributed by atoms with Crippen LogP contribution in [0.4, 0.5) is 0 Å². The molecule has 0 bridgehead atoms. The lowest BCUT2D eigenvalue weighted by atomic mass is 9.82. The Balaban J connectivity index is 0. The average Bonchev–Trinajstić information content (AvgIpc) is 2.79. The molecule has 0 saturated heterocycles. The zero-order valence-corrected chi connectivity index (χ0v) is 25.4. The first-order chi connectivity index (χ1) is 16.3. The third-order valence-electron chi connectivity index (χ3n) is 7.33. The summed E-state index contributed by atoms with van der Waals surface area (Å²) >= 11 is 0. The summed E-state index contributed by atoms with van der Waals surface area (Å²) in [6.07, 6.45) is 27.7. The van der Waals surface area contributed by atoms with Crippen LogP contribution in [0.15, 0.2) is 0 Å². The van der Waals surface area contributed by atoms with E-state index in [1.807, 2.05) is 0 Å². The highest BCUT2D eigenvalue weighted by atomic mass is 35.5. The Kier molecular flexibility index (Phi) is 26.7. The molecule has 2 unspecified atom stereocenters. The Bertz CT molecular complexity index is 450. The third-order valence-corrected chi connectivity index (χ3v) is 7.33. The molecule has 3 N–H and O–H groups in total. The first-order valence-electron chi connectivity index (χ1n) is 15.4. The Morgan fingerprint density at radius 1 is 0.686 bits per heavy atom. The van der Waals surface area contributed by atoms with Crippen molar-refractivity contribution in [1.82, 2.24) is 5.32 Å². The van der Waals surface area contributed by atoms with Gasteiger partial charge in [0, 0.05) is 18.0 Å². The van der Waals surface area contributed by atoms with Gasteiger partial charge in [0.2, 0.25) is 5.91 Å². The lowest BCUT2D eigenvalue weighted by Gasteiger charge is -2.32. The van der Waals surface area contributed by atoms with Gasteiger partial charge in [-0.05, 0) is 45.4 Å². The van der Waals surface area contributed by atoms with E-state index in [0.29, 0.717) is 12.3 Å². The summed E-state index contributed by atoms with van der Waals surface area (Å²) in [7, 11) is 0. The molecule has 0 aliphatic heterocycles. The molecule has 0 radical (unpaired) electrons. The zero-order chi connectivity index (χ0) is 25.5. The molecule has 0 rings (SSSR count). The Hall–Kier alpha value is -0.280. The minimum atomic E-state index is -0.181. The number of nitrogens with two attached hydrogens (primary N) is 1. The predicted molar refractivity (Wildman–Crippen MR) is 160 cm³/mol. The van der Waals surface area contributed by atoms with Gasteiger partial charge in [-0.15, -0.1) is 12.4 Å². The van der Waals surface area contributed by atoms with Crippen molar-refractivity contribution in [2.75, 3.05) is 0 Å². The highest BCUT2D eigenvalue weighted by molar-refractivity contribution is 5.85. The fraction of sp³-hybridized carbons (Fsp3) is 0.968. The number of nitrogens with one attached hydrogen (secondary N) is 1. The van der Waals surface area contributed by atoms with Gasteiger partial charge in [0.1, 0.15) is 0 Å². The third kappa shape index (κ3) is 25.2. The largest absolute Gasteiger partial charge is 0.353 e. The molecule has 0 aliphatic carbocycles. The molecule has 0 aromatic heterocycles. The second kappa shape index (κ2) is 25.4. The summed E-state index contributed by atoms with van der Waals surface area (Å²) in [4.78, 5) is 12.7. The number of unbranched alkanes of at least 4 members (excludes halogenated alkanes) is 16. The molecule has 0 aliphatic rings.